The summed E-state index contributed by atoms with van der Waals surface area (Å²) < 4.78 is 0. The molecule has 1 fully saturated rings. The molecule has 0 spiro atoms. The Bertz CT molecular complexity index is 614. The van der Waals surface area contributed by atoms with Gasteiger partial charge in [-0.15, -0.1) is 11.6 Å². The lowest BCUT2D eigenvalue weighted by atomic mass is 10.2. The first-order chi connectivity index (χ1) is 9.22. The maximum atomic E-state index is 11.6. The number of hydrogen-bond donors (Lipinski definition) is 0. The highest BCUT2D eigenvalue weighted by atomic mass is 35.5. The molecule has 1 aliphatic rings. The largest absolute Gasteiger partial charge is 0.341 e. The smallest absolute Gasteiger partial charge is 0.224 e. The summed E-state index contributed by atoms with van der Waals surface area (Å²) in [5.41, 5.74) is 2.02. The number of carbonyl (C=O) groups is 1. The summed E-state index contributed by atoms with van der Waals surface area (Å²) in [5, 5.41) is 1.11. The second kappa shape index (κ2) is 5.17. The summed E-state index contributed by atoms with van der Waals surface area (Å²) in [5.74, 6) is 0.154. The van der Waals surface area contributed by atoms with Crippen LogP contribution in [-0.2, 0) is 11.2 Å². The lowest BCUT2D eigenvalue weighted by Crippen LogP contribution is -2.27. The van der Waals surface area contributed by atoms with Crippen molar-refractivity contribution in [1.29, 1.82) is 0 Å². The fourth-order valence-corrected chi connectivity index (χ4v) is 2.74. The second-order valence-electron chi connectivity index (χ2n) is 4.89. The lowest BCUT2D eigenvalue weighted by molar-refractivity contribution is -0.127. The third-order valence-electron chi connectivity index (χ3n) is 3.46. The van der Waals surface area contributed by atoms with E-state index in [1.54, 1.807) is 0 Å². The van der Waals surface area contributed by atoms with Gasteiger partial charge < -0.3 is 4.90 Å². The molecule has 0 bridgehead atoms. The number of hydrogen-bond acceptors (Lipinski definition) is 2. The molecule has 1 aromatic heterocycles. The lowest BCUT2D eigenvalue weighted by Gasteiger charge is -2.15. The highest BCUT2D eigenvalue weighted by Gasteiger charge is 2.27. The third-order valence-corrected chi connectivity index (χ3v) is 3.75. The topological polar surface area (TPSA) is 33.2 Å². The Morgan fingerprint density at radius 1 is 1.26 bits per heavy atom. The summed E-state index contributed by atoms with van der Waals surface area (Å²) in [6.45, 7) is 1.36. The Hall–Kier alpha value is -1.61. The molecular weight excluding hydrogens is 260 g/mol. The van der Waals surface area contributed by atoms with Crippen LogP contribution in [0.25, 0.3) is 10.9 Å². The van der Waals surface area contributed by atoms with Gasteiger partial charge in [-0.3, -0.25) is 9.78 Å². The minimum absolute atomic E-state index is 0.0305. The number of para-hydroxylation sites is 1. The van der Waals surface area contributed by atoms with Crippen LogP contribution in [0.2, 0.25) is 0 Å². The number of likely N-dealkylation sites (tertiary alicyclic amines) is 1. The molecule has 19 heavy (non-hydrogen) atoms. The van der Waals surface area contributed by atoms with E-state index in [0.717, 1.165) is 23.0 Å². The maximum absolute atomic E-state index is 11.6. The summed E-state index contributed by atoms with van der Waals surface area (Å²) in [7, 11) is 0. The van der Waals surface area contributed by atoms with Crippen LogP contribution >= 0.6 is 11.6 Å². The van der Waals surface area contributed by atoms with Crippen molar-refractivity contribution in [2.24, 2.45) is 0 Å². The second-order valence-corrected chi connectivity index (χ2v) is 5.50. The summed E-state index contributed by atoms with van der Waals surface area (Å²) in [4.78, 5) is 18.1. The fourth-order valence-electron chi connectivity index (χ4n) is 2.44. The van der Waals surface area contributed by atoms with E-state index in [0.29, 0.717) is 19.5 Å². The molecular formula is C15H15ClN2O. The molecule has 0 radical (unpaired) electrons. The zero-order chi connectivity index (χ0) is 13.2. The summed E-state index contributed by atoms with van der Waals surface area (Å²) >= 11 is 5.98. The van der Waals surface area contributed by atoms with Gasteiger partial charge in [-0.05, 0) is 12.1 Å². The number of carbonyl (C=O) groups excluding carboxylic acids is 1. The molecule has 1 saturated heterocycles. The van der Waals surface area contributed by atoms with Gasteiger partial charge in [-0.25, -0.2) is 0 Å². The van der Waals surface area contributed by atoms with Crippen LogP contribution in [-0.4, -0.2) is 34.3 Å². The molecule has 2 aromatic rings. The van der Waals surface area contributed by atoms with Gasteiger partial charge in [0, 0.05) is 37.0 Å². The zero-order valence-corrected chi connectivity index (χ0v) is 11.3. The van der Waals surface area contributed by atoms with Crippen molar-refractivity contribution in [2.45, 2.75) is 18.2 Å². The van der Waals surface area contributed by atoms with E-state index < -0.39 is 0 Å². The molecule has 1 aromatic carbocycles. The fraction of sp³-hybridized carbons (Fsp3) is 0.333. The summed E-state index contributed by atoms with van der Waals surface area (Å²) in [6, 6.07) is 12.2. The van der Waals surface area contributed by atoms with Crippen LogP contribution in [0, 0.1) is 0 Å². The van der Waals surface area contributed by atoms with E-state index in [4.69, 9.17) is 11.6 Å². The first kappa shape index (κ1) is 12.4. The SMILES string of the molecule is O=C1CC(Cl)CN1CCc1ccc2ccccc2n1. The van der Waals surface area contributed by atoms with Crippen LogP contribution < -0.4 is 0 Å². The predicted octanol–water partition coefficient (Wildman–Crippen LogP) is 2.62. The van der Waals surface area contributed by atoms with Crippen molar-refractivity contribution >= 4 is 28.4 Å². The molecule has 1 aliphatic heterocycles. The number of pyridine rings is 1. The van der Waals surface area contributed by atoms with Gasteiger partial charge in [0.15, 0.2) is 0 Å². The minimum Gasteiger partial charge on any atom is -0.341 e. The number of amides is 1. The number of nitrogens with zero attached hydrogens (tertiary/aromatic N) is 2. The normalized spacial score (nSPS) is 19.3. The molecule has 1 unspecified atom stereocenters. The number of fused-ring (bicyclic) bond motifs is 1. The van der Waals surface area contributed by atoms with Crippen LogP contribution in [0.1, 0.15) is 12.1 Å². The van der Waals surface area contributed by atoms with E-state index in [-0.39, 0.29) is 11.3 Å². The average Bonchev–Trinajstić information content (AvgIpc) is 2.74. The number of alkyl halides is 1. The molecule has 1 amide bonds. The standard InChI is InChI=1S/C15H15ClN2O/c16-12-9-15(19)18(10-12)8-7-13-6-5-11-3-1-2-4-14(11)17-13/h1-6,12H,7-10H2. The average molecular weight is 275 g/mol. The van der Waals surface area contributed by atoms with Crippen molar-refractivity contribution in [2.75, 3.05) is 13.1 Å². The third kappa shape index (κ3) is 2.71. The Labute approximate surface area is 117 Å². The highest BCUT2D eigenvalue weighted by molar-refractivity contribution is 6.22. The molecule has 3 nitrogen and oxygen atoms in total. The van der Waals surface area contributed by atoms with E-state index in [9.17, 15) is 4.79 Å². The highest BCUT2D eigenvalue weighted by Crippen LogP contribution is 2.17. The first-order valence-corrected chi connectivity index (χ1v) is 6.92. The van der Waals surface area contributed by atoms with Gasteiger partial charge in [-0.1, -0.05) is 24.3 Å². The summed E-state index contributed by atoms with van der Waals surface area (Å²) in [6.07, 6.45) is 1.24. The van der Waals surface area contributed by atoms with Gasteiger partial charge in [0.25, 0.3) is 0 Å². The molecule has 2 heterocycles. The number of rotatable bonds is 3. The Kier molecular flexibility index (Phi) is 3.38. The number of aromatic nitrogens is 1. The van der Waals surface area contributed by atoms with E-state index >= 15 is 0 Å². The van der Waals surface area contributed by atoms with Gasteiger partial charge in [0.2, 0.25) is 5.91 Å². The first-order valence-electron chi connectivity index (χ1n) is 6.49. The van der Waals surface area contributed by atoms with Crippen molar-refractivity contribution < 1.29 is 4.79 Å². The van der Waals surface area contributed by atoms with E-state index in [1.165, 1.54) is 0 Å². The van der Waals surface area contributed by atoms with E-state index in [1.807, 2.05) is 35.2 Å². The Morgan fingerprint density at radius 3 is 2.89 bits per heavy atom. The molecule has 1 atom stereocenters. The van der Waals surface area contributed by atoms with Gasteiger partial charge >= 0.3 is 0 Å². The monoisotopic (exact) mass is 274 g/mol. The van der Waals surface area contributed by atoms with Crippen LogP contribution in [0.3, 0.4) is 0 Å². The number of benzene rings is 1. The quantitative estimate of drug-likeness (QED) is 0.806. The van der Waals surface area contributed by atoms with Gasteiger partial charge in [-0.2, -0.15) is 0 Å². The molecule has 0 saturated carbocycles. The molecule has 4 heteroatoms. The molecule has 0 N–H and O–H groups in total. The predicted molar refractivity (Wildman–Crippen MR) is 76.3 cm³/mol. The van der Waals surface area contributed by atoms with Crippen LogP contribution in [0.5, 0.6) is 0 Å². The maximum Gasteiger partial charge on any atom is 0.224 e. The number of halogens is 1. The molecule has 0 aliphatic carbocycles. The Balaban J connectivity index is 1.70. The zero-order valence-electron chi connectivity index (χ0n) is 10.6. The van der Waals surface area contributed by atoms with Gasteiger partial charge in [0.1, 0.15) is 0 Å². The minimum atomic E-state index is -0.0305. The van der Waals surface area contributed by atoms with Crippen molar-refractivity contribution in [3.63, 3.8) is 0 Å². The van der Waals surface area contributed by atoms with Crippen molar-refractivity contribution in [3.05, 3.63) is 42.1 Å². The van der Waals surface area contributed by atoms with Crippen LogP contribution in [0.15, 0.2) is 36.4 Å². The van der Waals surface area contributed by atoms with Crippen LogP contribution in [0.4, 0.5) is 0 Å². The van der Waals surface area contributed by atoms with E-state index in [2.05, 4.69) is 11.1 Å². The van der Waals surface area contributed by atoms with Crippen molar-refractivity contribution in [1.82, 2.24) is 9.88 Å². The Morgan fingerprint density at radius 2 is 2.11 bits per heavy atom. The van der Waals surface area contributed by atoms with Crippen molar-refractivity contribution in [3.8, 4) is 0 Å². The van der Waals surface area contributed by atoms with Gasteiger partial charge in [0.05, 0.1) is 10.9 Å². The molecule has 3 rings (SSSR count). The molecule has 98 valence electrons.